The van der Waals surface area contributed by atoms with Crippen molar-refractivity contribution in [2.45, 2.75) is 31.8 Å². The molecule has 0 radical (unpaired) electrons. The molecule has 98 valence electrons. The molecule has 0 heterocycles. The van der Waals surface area contributed by atoms with Crippen LogP contribution in [-0.2, 0) is 11.2 Å². The highest BCUT2D eigenvalue weighted by atomic mass is 79.9. The molecule has 0 unspecified atom stereocenters. The minimum atomic E-state index is -0.881. The van der Waals surface area contributed by atoms with Crippen LogP contribution in [0.3, 0.4) is 0 Å². The molecule has 1 aromatic carbocycles. The zero-order valence-electron chi connectivity index (χ0n) is 10.1. The second-order valence-electron chi connectivity index (χ2n) is 4.34. The molecular weight excluding hydrogens is 300 g/mol. The molecule has 0 atom stereocenters. The van der Waals surface area contributed by atoms with Gasteiger partial charge in [-0.1, -0.05) is 15.9 Å². The van der Waals surface area contributed by atoms with Crippen LogP contribution in [0.25, 0.3) is 0 Å². The molecule has 1 N–H and O–H groups in total. The molecule has 0 aromatic heterocycles. The topological polar surface area (TPSA) is 55.8 Å². The summed E-state index contributed by atoms with van der Waals surface area (Å²) in [6, 6.07) is 3.56. The van der Waals surface area contributed by atoms with Gasteiger partial charge >= 0.3 is 5.97 Å². The number of rotatable bonds is 5. The van der Waals surface area contributed by atoms with Gasteiger partial charge in [0, 0.05) is 10.0 Å². The van der Waals surface area contributed by atoms with E-state index in [1.807, 2.05) is 0 Å². The van der Waals surface area contributed by atoms with Crippen molar-refractivity contribution in [2.75, 3.05) is 7.11 Å². The summed E-state index contributed by atoms with van der Waals surface area (Å²) in [7, 11) is 1.56. The summed E-state index contributed by atoms with van der Waals surface area (Å²) < 4.78 is 11.9. The zero-order chi connectivity index (χ0) is 13.1. The van der Waals surface area contributed by atoms with Gasteiger partial charge in [-0.2, -0.15) is 0 Å². The fourth-order valence-corrected chi connectivity index (χ4v) is 2.34. The van der Waals surface area contributed by atoms with Gasteiger partial charge in [0.25, 0.3) is 0 Å². The van der Waals surface area contributed by atoms with Gasteiger partial charge in [-0.25, -0.2) is 0 Å². The molecule has 1 aliphatic carbocycles. The molecular formula is C13H15BrO4. The van der Waals surface area contributed by atoms with Crippen LogP contribution in [0.5, 0.6) is 11.5 Å². The van der Waals surface area contributed by atoms with E-state index < -0.39 is 5.97 Å². The van der Waals surface area contributed by atoms with Crippen molar-refractivity contribution in [2.24, 2.45) is 0 Å². The fourth-order valence-electron chi connectivity index (χ4n) is 1.86. The molecule has 0 saturated heterocycles. The van der Waals surface area contributed by atoms with Crippen LogP contribution in [0.4, 0.5) is 0 Å². The Bertz CT molecular complexity index is 455. The lowest BCUT2D eigenvalue weighted by atomic mass is 9.96. The Balaban J connectivity index is 2.33. The Kier molecular flexibility index (Phi) is 4.11. The molecule has 0 aliphatic heterocycles. The number of carboxylic acid groups (broad SMARTS) is 1. The fraction of sp³-hybridized carbons (Fsp3) is 0.462. The van der Waals surface area contributed by atoms with Crippen LogP contribution in [0, 0.1) is 0 Å². The van der Waals surface area contributed by atoms with Crippen molar-refractivity contribution in [3.63, 3.8) is 0 Å². The van der Waals surface area contributed by atoms with Gasteiger partial charge in [0.05, 0.1) is 19.6 Å². The summed E-state index contributed by atoms with van der Waals surface area (Å²) in [6.45, 7) is 0. The minimum Gasteiger partial charge on any atom is -0.493 e. The van der Waals surface area contributed by atoms with E-state index in [-0.39, 0.29) is 12.5 Å². The normalized spacial score (nSPS) is 15.0. The van der Waals surface area contributed by atoms with Crippen molar-refractivity contribution >= 4 is 21.9 Å². The van der Waals surface area contributed by atoms with E-state index in [0.717, 1.165) is 23.7 Å². The Morgan fingerprint density at radius 1 is 1.50 bits per heavy atom. The third-order valence-electron chi connectivity index (χ3n) is 2.99. The van der Waals surface area contributed by atoms with Crippen LogP contribution in [0.2, 0.25) is 0 Å². The standard InChI is InChI=1S/C13H15BrO4/c1-17-11-7-9(14)5-8(6-12(15)16)13(11)18-10-3-2-4-10/h5,7,10H,2-4,6H2,1H3,(H,15,16). The number of methoxy groups -OCH3 is 1. The van der Waals surface area contributed by atoms with Crippen LogP contribution in [-0.4, -0.2) is 24.3 Å². The molecule has 4 nitrogen and oxygen atoms in total. The van der Waals surface area contributed by atoms with Crippen molar-refractivity contribution in [1.82, 2.24) is 0 Å². The predicted octanol–water partition coefficient (Wildman–Crippen LogP) is 3.02. The summed E-state index contributed by atoms with van der Waals surface area (Å²) in [5.74, 6) is 0.258. The molecule has 1 saturated carbocycles. The number of aliphatic carboxylic acids is 1. The number of carbonyl (C=O) groups is 1. The monoisotopic (exact) mass is 314 g/mol. The van der Waals surface area contributed by atoms with Crippen LogP contribution < -0.4 is 9.47 Å². The molecule has 2 rings (SSSR count). The van der Waals surface area contributed by atoms with Crippen LogP contribution in [0.15, 0.2) is 16.6 Å². The number of hydrogen-bond acceptors (Lipinski definition) is 3. The predicted molar refractivity (Wildman–Crippen MR) is 70.3 cm³/mol. The number of halogens is 1. The van der Waals surface area contributed by atoms with E-state index in [9.17, 15) is 4.79 Å². The van der Waals surface area contributed by atoms with E-state index >= 15 is 0 Å². The highest BCUT2D eigenvalue weighted by Crippen LogP contribution is 2.38. The second kappa shape index (κ2) is 5.61. The summed E-state index contributed by atoms with van der Waals surface area (Å²) in [6.07, 6.45) is 3.32. The van der Waals surface area contributed by atoms with Crippen molar-refractivity contribution < 1.29 is 19.4 Å². The van der Waals surface area contributed by atoms with Crippen molar-refractivity contribution in [1.29, 1.82) is 0 Å². The summed E-state index contributed by atoms with van der Waals surface area (Å²) >= 11 is 3.35. The van der Waals surface area contributed by atoms with E-state index in [1.54, 1.807) is 19.2 Å². The number of ether oxygens (including phenoxy) is 2. The Morgan fingerprint density at radius 2 is 2.22 bits per heavy atom. The quantitative estimate of drug-likeness (QED) is 0.907. The summed E-state index contributed by atoms with van der Waals surface area (Å²) in [5.41, 5.74) is 0.639. The van der Waals surface area contributed by atoms with Gasteiger partial charge < -0.3 is 14.6 Å². The molecule has 0 bridgehead atoms. The molecule has 18 heavy (non-hydrogen) atoms. The first-order valence-corrected chi connectivity index (χ1v) is 6.64. The SMILES string of the molecule is COc1cc(Br)cc(CC(=O)O)c1OC1CCC1. The number of carboxylic acids is 1. The molecule has 1 aromatic rings. The van der Waals surface area contributed by atoms with Gasteiger partial charge in [-0.3, -0.25) is 4.79 Å². The van der Waals surface area contributed by atoms with Crippen LogP contribution >= 0.6 is 15.9 Å². The van der Waals surface area contributed by atoms with E-state index in [4.69, 9.17) is 14.6 Å². The van der Waals surface area contributed by atoms with Crippen molar-refractivity contribution in [3.05, 3.63) is 22.2 Å². The third kappa shape index (κ3) is 2.96. The number of benzene rings is 1. The van der Waals surface area contributed by atoms with Crippen molar-refractivity contribution in [3.8, 4) is 11.5 Å². The highest BCUT2D eigenvalue weighted by molar-refractivity contribution is 9.10. The average Bonchev–Trinajstić information content (AvgIpc) is 2.23. The van der Waals surface area contributed by atoms with E-state index in [2.05, 4.69) is 15.9 Å². The maximum atomic E-state index is 10.9. The molecule has 0 spiro atoms. The Morgan fingerprint density at radius 3 is 2.72 bits per heavy atom. The largest absolute Gasteiger partial charge is 0.493 e. The maximum Gasteiger partial charge on any atom is 0.307 e. The third-order valence-corrected chi connectivity index (χ3v) is 3.45. The Labute approximate surface area is 114 Å². The summed E-state index contributed by atoms with van der Waals surface area (Å²) in [4.78, 5) is 10.9. The van der Waals surface area contributed by atoms with E-state index in [1.165, 1.54) is 0 Å². The number of hydrogen-bond donors (Lipinski definition) is 1. The molecule has 1 aliphatic rings. The Hall–Kier alpha value is -1.23. The van der Waals surface area contributed by atoms with Gasteiger partial charge in [-0.05, 0) is 31.4 Å². The first-order chi connectivity index (χ1) is 8.60. The molecule has 0 amide bonds. The second-order valence-corrected chi connectivity index (χ2v) is 5.25. The summed E-state index contributed by atoms with van der Waals surface area (Å²) in [5, 5.41) is 8.94. The average molecular weight is 315 g/mol. The smallest absolute Gasteiger partial charge is 0.307 e. The van der Waals surface area contributed by atoms with Crippen LogP contribution in [0.1, 0.15) is 24.8 Å². The van der Waals surface area contributed by atoms with Gasteiger partial charge in [0.15, 0.2) is 11.5 Å². The lowest BCUT2D eigenvalue weighted by molar-refractivity contribution is -0.136. The lowest BCUT2D eigenvalue weighted by Gasteiger charge is -2.28. The van der Waals surface area contributed by atoms with Gasteiger partial charge in [0.2, 0.25) is 0 Å². The molecule has 1 fully saturated rings. The highest BCUT2D eigenvalue weighted by Gasteiger charge is 2.23. The zero-order valence-corrected chi connectivity index (χ0v) is 11.7. The maximum absolute atomic E-state index is 10.9. The first-order valence-electron chi connectivity index (χ1n) is 5.85. The molecule has 5 heteroatoms. The lowest BCUT2D eigenvalue weighted by Crippen LogP contribution is -2.25. The van der Waals surface area contributed by atoms with E-state index in [0.29, 0.717) is 17.1 Å². The first kappa shape index (κ1) is 13.2. The minimum absolute atomic E-state index is 0.0716. The van der Waals surface area contributed by atoms with Gasteiger partial charge in [0.1, 0.15) is 0 Å². The van der Waals surface area contributed by atoms with Gasteiger partial charge in [-0.15, -0.1) is 0 Å².